The number of ether oxygens (including phenoxy) is 2. The van der Waals surface area contributed by atoms with E-state index in [4.69, 9.17) is 14.5 Å². The largest absolute Gasteiger partial charge is 0.497 e. The molecule has 0 spiro atoms. The van der Waals surface area contributed by atoms with Crippen LogP contribution in [-0.4, -0.2) is 53.9 Å². The molecule has 7 heteroatoms. The Labute approximate surface area is 178 Å². The Morgan fingerprint density at radius 2 is 2.00 bits per heavy atom. The monoisotopic (exact) mass is 412 g/mol. The van der Waals surface area contributed by atoms with E-state index in [9.17, 15) is 4.79 Å². The number of likely N-dealkylation sites (tertiary alicyclic amines) is 1. The van der Waals surface area contributed by atoms with Crippen LogP contribution in [0.3, 0.4) is 0 Å². The van der Waals surface area contributed by atoms with Crippen LogP contribution in [-0.2, 0) is 11.3 Å². The topological polar surface area (TPSA) is 68.6 Å². The number of nitrogens with one attached hydrogen (secondary N) is 1. The number of aryl methyl sites for hydroxylation is 1. The average Bonchev–Trinajstić information content (AvgIpc) is 3.20. The third-order valence-electron chi connectivity index (χ3n) is 6.25. The average molecular weight is 413 g/mol. The van der Waals surface area contributed by atoms with Gasteiger partial charge in [0.05, 0.1) is 13.2 Å². The summed E-state index contributed by atoms with van der Waals surface area (Å²) in [6.45, 7) is 5.77. The number of amides is 2. The lowest BCUT2D eigenvalue weighted by molar-refractivity contribution is 0.0816. The maximum Gasteiger partial charge on any atom is 0.317 e. The first-order valence-electron chi connectivity index (χ1n) is 10.9. The minimum atomic E-state index is 0.000836. The molecule has 3 heterocycles. The van der Waals surface area contributed by atoms with Crippen LogP contribution >= 0.6 is 0 Å². The highest BCUT2D eigenvalue weighted by Crippen LogP contribution is 2.32. The minimum absolute atomic E-state index is 0.000836. The van der Waals surface area contributed by atoms with Gasteiger partial charge in [-0.25, -0.2) is 9.78 Å². The number of imidazole rings is 1. The molecule has 2 amide bonds. The summed E-state index contributed by atoms with van der Waals surface area (Å²) in [6.07, 6.45) is 6.11. The van der Waals surface area contributed by atoms with Gasteiger partial charge in [0.2, 0.25) is 0 Å². The van der Waals surface area contributed by atoms with Crippen molar-refractivity contribution in [2.24, 2.45) is 0 Å². The van der Waals surface area contributed by atoms with Gasteiger partial charge in [0.25, 0.3) is 0 Å². The van der Waals surface area contributed by atoms with E-state index >= 15 is 0 Å². The number of nitrogens with zero attached hydrogens (tertiary/aromatic N) is 3. The molecule has 2 fully saturated rings. The second-order valence-corrected chi connectivity index (χ2v) is 8.26. The van der Waals surface area contributed by atoms with E-state index in [1.165, 1.54) is 11.5 Å². The SMILES string of the molecule is COc1ccc(CNC(=O)N2CCCC(n3c(C)cnc3C3CCOCC3)C2)cc1. The van der Waals surface area contributed by atoms with Gasteiger partial charge in [0.15, 0.2) is 0 Å². The number of benzene rings is 1. The molecule has 1 N–H and O–H groups in total. The van der Waals surface area contributed by atoms with Crippen LogP contribution < -0.4 is 10.1 Å². The third kappa shape index (κ3) is 4.61. The van der Waals surface area contributed by atoms with Crippen LogP contribution in [0.1, 0.15) is 54.7 Å². The number of methoxy groups -OCH3 is 1. The first-order valence-corrected chi connectivity index (χ1v) is 10.9. The number of hydrogen-bond acceptors (Lipinski definition) is 4. The molecular formula is C23H32N4O3. The molecule has 0 saturated carbocycles. The van der Waals surface area contributed by atoms with Crippen molar-refractivity contribution in [3.8, 4) is 5.75 Å². The standard InChI is InChI=1S/C23H32N4O3/c1-17-14-24-22(19-9-12-30-13-10-19)27(17)20-4-3-11-26(16-20)23(28)25-15-18-5-7-21(29-2)8-6-18/h5-8,14,19-20H,3-4,9-13,15-16H2,1-2H3,(H,25,28). The molecule has 1 atom stereocenters. The zero-order valence-corrected chi connectivity index (χ0v) is 18.0. The normalized spacial score (nSPS) is 20.2. The fraction of sp³-hybridized carbons (Fsp3) is 0.565. The molecule has 2 aliphatic heterocycles. The Bertz CT molecular complexity index is 843. The molecule has 1 aromatic carbocycles. The van der Waals surface area contributed by atoms with Crippen molar-refractivity contribution in [3.63, 3.8) is 0 Å². The summed E-state index contributed by atoms with van der Waals surface area (Å²) in [5, 5.41) is 3.07. The van der Waals surface area contributed by atoms with Crippen LogP contribution in [0.25, 0.3) is 0 Å². The van der Waals surface area contributed by atoms with Gasteiger partial charge in [-0.1, -0.05) is 12.1 Å². The number of aromatic nitrogens is 2. The number of piperidine rings is 1. The molecule has 7 nitrogen and oxygen atoms in total. The van der Waals surface area contributed by atoms with E-state index in [2.05, 4.69) is 16.8 Å². The summed E-state index contributed by atoms with van der Waals surface area (Å²) in [5.74, 6) is 2.44. The quantitative estimate of drug-likeness (QED) is 0.814. The van der Waals surface area contributed by atoms with Gasteiger partial charge < -0.3 is 24.3 Å². The summed E-state index contributed by atoms with van der Waals surface area (Å²) in [7, 11) is 1.65. The molecule has 30 heavy (non-hydrogen) atoms. The van der Waals surface area contributed by atoms with Crippen molar-refractivity contribution in [2.75, 3.05) is 33.4 Å². The van der Waals surface area contributed by atoms with Gasteiger partial charge in [-0.05, 0) is 50.3 Å². The van der Waals surface area contributed by atoms with Gasteiger partial charge in [-0.2, -0.15) is 0 Å². The lowest BCUT2D eigenvalue weighted by Crippen LogP contribution is -2.46. The summed E-state index contributed by atoms with van der Waals surface area (Å²) in [5.41, 5.74) is 2.24. The minimum Gasteiger partial charge on any atom is -0.497 e. The molecular weight excluding hydrogens is 380 g/mol. The molecule has 162 valence electrons. The van der Waals surface area contributed by atoms with Crippen LogP contribution in [0, 0.1) is 6.92 Å². The Morgan fingerprint density at radius 3 is 2.73 bits per heavy atom. The number of rotatable bonds is 5. The van der Waals surface area contributed by atoms with Crippen molar-refractivity contribution in [3.05, 3.63) is 47.5 Å². The molecule has 0 aliphatic carbocycles. The number of carbonyl (C=O) groups is 1. The summed E-state index contributed by atoms with van der Waals surface area (Å²) in [4.78, 5) is 19.5. The van der Waals surface area contributed by atoms with Gasteiger partial charge in [0, 0.05) is 50.7 Å². The van der Waals surface area contributed by atoms with E-state index in [0.29, 0.717) is 12.5 Å². The Hall–Kier alpha value is -2.54. The zero-order valence-electron chi connectivity index (χ0n) is 18.0. The second kappa shape index (κ2) is 9.51. The molecule has 1 unspecified atom stereocenters. The van der Waals surface area contributed by atoms with Crippen molar-refractivity contribution < 1.29 is 14.3 Å². The van der Waals surface area contributed by atoms with Crippen molar-refractivity contribution in [1.29, 1.82) is 0 Å². The fourth-order valence-corrected chi connectivity index (χ4v) is 4.58. The van der Waals surface area contributed by atoms with Gasteiger partial charge in [-0.15, -0.1) is 0 Å². The number of urea groups is 1. The number of hydrogen-bond donors (Lipinski definition) is 1. The van der Waals surface area contributed by atoms with Gasteiger partial charge in [-0.3, -0.25) is 0 Å². The number of carbonyl (C=O) groups excluding carboxylic acids is 1. The summed E-state index contributed by atoms with van der Waals surface area (Å²) >= 11 is 0. The first kappa shape index (κ1) is 20.7. The molecule has 2 aliphatic rings. The second-order valence-electron chi connectivity index (χ2n) is 8.26. The Morgan fingerprint density at radius 1 is 1.23 bits per heavy atom. The van der Waals surface area contributed by atoms with Crippen LogP contribution in [0.2, 0.25) is 0 Å². The zero-order chi connectivity index (χ0) is 20.9. The maximum atomic E-state index is 12.8. The van der Waals surface area contributed by atoms with Crippen LogP contribution in [0.5, 0.6) is 5.75 Å². The van der Waals surface area contributed by atoms with Crippen LogP contribution in [0.15, 0.2) is 30.5 Å². The predicted molar refractivity (Wildman–Crippen MR) is 115 cm³/mol. The van der Waals surface area contributed by atoms with Crippen LogP contribution in [0.4, 0.5) is 4.79 Å². The van der Waals surface area contributed by atoms with Crippen molar-refractivity contribution in [2.45, 2.75) is 51.1 Å². The smallest absolute Gasteiger partial charge is 0.317 e. The Balaban J connectivity index is 1.39. The molecule has 1 aromatic heterocycles. The predicted octanol–water partition coefficient (Wildman–Crippen LogP) is 3.64. The summed E-state index contributed by atoms with van der Waals surface area (Å²) in [6, 6.07) is 8.07. The van der Waals surface area contributed by atoms with E-state index < -0.39 is 0 Å². The molecule has 2 saturated heterocycles. The molecule has 4 rings (SSSR count). The molecule has 0 radical (unpaired) electrons. The highest BCUT2D eigenvalue weighted by atomic mass is 16.5. The van der Waals surface area contributed by atoms with Gasteiger partial charge >= 0.3 is 6.03 Å². The maximum absolute atomic E-state index is 12.8. The van der Waals surface area contributed by atoms with E-state index in [0.717, 1.165) is 63.3 Å². The highest BCUT2D eigenvalue weighted by molar-refractivity contribution is 5.74. The van der Waals surface area contributed by atoms with Gasteiger partial charge in [0.1, 0.15) is 11.6 Å². The van der Waals surface area contributed by atoms with E-state index in [1.54, 1.807) is 7.11 Å². The first-order chi connectivity index (χ1) is 14.7. The fourth-order valence-electron chi connectivity index (χ4n) is 4.58. The molecule has 2 aromatic rings. The molecule has 0 bridgehead atoms. The lowest BCUT2D eigenvalue weighted by Gasteiger charge is -2.36. The third-order valence-corrected chi connectivity index (χ3v) is 6.25. The summed E-state index contributed by atoms with van der Waals surface area (Å²) < 4.78 is 13.1. The van der Waals surface area contributed by atoms with E-state index in [-0.39, 0.29) is 12.1 Å². The Kier molecular flexibility index (Phi) is 6.57. The van der Waals surface area contributed by atoms with Crippen molar-refractivity contribution >= 4 is 6.03 Å². The van der Waals surface area contributed by atoms with E-state index in [1.807, 2.05) is 35.4 Å². The lowest BCUT2D eigenvalue weighted by atomic mass is 9.98. The van der Waals surface area contributed by atoms with Crippen molar-refractivity contribution in [1.82, 2.24) is 19.8 Å². The highest BCUT2D eigenvalue weighted by Gasteiger charge is 2.29.